The summed E-state index contributed by atoms with van der Waals surface area (Å²) in [5.74, 6) is -0.483. The zero-order valence-electron chi connectivity index (χ0n) is 7.91. The monoisotopic (exact) mass is 192 g/mol. The number of carbonyl (C=O) groups is 1. The average molecular weight is 192 g/mol. The predicted molar refractivity (Wildman–Crippen MR) is 50.8 cm³/mol. The number of fused-ring (bicyclic) bond motifs is 1. The Balaban J connectivity index is 2.94. The molecule has 0 spiro atoms. The molecule has 4 heteroatoms. The molecule has 0 unspecified atom stereocenters. The van der Waals surface area contributed by atoms with Gasteiger partial charge in [0.15, 0.2) is 6.29 Å². The second kappa shape index (κ2) is 2.90. The van der Waals surface area contributed by atoms with Crippen molar-refractivity contribution in [2.45, 2.75) is 6.92 Å². The third-order valence-electron chi connectivity index (χ3n) is 2.29. The lowest BCUT2D eigenvalue weighted by molar-refractivity contribution is 0.112. The highest BCUT2D eigenvalue weighted by molar-refractivity contribution is 5.89. The summed E-state index contributed by atoms with van der Waals surface area (Å²) < 4.78 is 15.3. The summed E-state index contributed by atoms with van der Waals surface area (Å²) in [7, 11) is 1.75. The maximum atomic E-state index is 13.7. The van der Waals surface area contributed by atoms with Crippen molar-refractivity contribution in [1.29, 1.82) is 0 Å². The van der Waals surface area contributed by atoms with Crippen LogP contribution in [-0.2, 0) is 7.05 Å². The molecule has 0 fully saturated rings. The smallest absolute Gasteiger partial charge is 0.153 e. The molecule has 1 aromatic heterocycles. The van der Waals surface area contributed by atoms with E-state index in [2.05, 4.69) is 5.10 Å². The van der Waals surface area contributed by atoms with Crippen LogP contribution in [0.25, 0.3) is 10.9 Å². The quantitative estimate of drug-likeness (QED) is 0.646. The molecule has 1 aromatic carbocycles. The number of hydrogen-bond acceptors (Lipinski definition) is 2. The summed E-state index contributed by atoms with van der Waals surface area (Å²) in [4.78, 5) is 10.5. The second-order valence-electron chi connectivity index (χ2n) is 3.19. The van der Waals surface area contributed by atoms with Crippen molar-refractivity contribution in [1.82, 2.24) is 9.78 Å². The highest BCUT2D eigenvalue weighted by Crippen LogP contribution is 2.22. The Morgan fingerprint density at radius 1 is 1.50 bits per heavy atom. The second-order valence-corrected chi connectivity index (χ2v) is 3.19. The van der Waals surface area contributed by atoms with Gasteiger partial charge in [-0.2, -0.15) is 5.10 Å². The third kappa shape index (κ3) is 1.04. The van der Waals surface area contributed by atoms with Gasteiger partial charge in [-0.05, 0) is 19.1 Å². The minimum absolute atomic E-state index is 0.0774. The number of nitrogens with zero attached hydrogens (tertiary/aromatic N) is 2. The minimum atomic E-state index is -0.483. The van der Waals surface area contributed by atoms with Gasteiger partial charge in [-0.25, -0.2) is 4.39 Å². The standard InChI is InChI=1S/C10H9FN2O/c1-6-9-8(13(2)12-6)4-3-7(5-14)10(9)11/h3-5H,1-2H3. The van der Waals surface area contributed by atoms with Gasteiger partial charge in [0.2, 0.25) is 0 Å². The molecule has 0 amide bonds. The molecule has 2 rings (SSSR count). The van der Waals surface area contributed by atoms with Crippen LogP contribution in [0.3, 0.4) is 0 Å². The van der Waals surface area contributed by atoms with Crippen LogP contribution in [0, 0.1) is 12.7 Å². The zero-order valence-corrected chi connectivity index (χ0v) is 7.91. The molecule has 3 nitrogen and oxygen atoms in total. The van der Waals surface area contributed by atoms with Crippen LogP contribution >= 0.6 is 0 Å². The molecule has 0 saturated heterocycles. The van der Waals surface area contributed by atoms with Gasteiger partial charge in [0.25, 0.3) is 0 Å². The van der Waals surface area contributed by atoms with E-state index in [4.69, 9.17) is 0 Å². The fraction of sp³-hybridized carbons (Fsp3) is 0.200. The van der Waals surface area contributed by atoms with Crippen LogP contribution in [0.15, 0.2) is 12.1 Å². The number of rotatable bonds is 1. The van der Waals surface area contributed by atoms with Crippen LogP contribution in [0.1, 0.15) is 16.1 Å². The van der Waals surface area contributed by atoms with Gasteiger partial charge < -0.3 is 0 Å². The largest absolute Gasteiger partial charge is 0.298 e. The van der Waals surface area contributed by atoms with Crippen LogP contribution in [-0.4, -0.2) is 16.1 Å². The van der Waals surface area contributed by atoms with Gasteiger partial charge in [0.05, 0.1) is 22.2 Å². The van der Waals surface area contributed by atoms with Gasteiger partial charge >= 0.3 is 0 Å². The van der Waals surface area contributed by atoms with E-state index in [1.165, 1.54) is 6.07 Å². The topological polar surface area (TPSA) is 34.9 Å². The van der Waals surface area contributed by atoms with Crippen molar-refractivity contribution in [3.05, 3.63) is 29.2 Å². The summed E-state index contributed by atoms with van der Waals surface area (Å²) in [5.41, 5.74) is 1.38. The van der Waals surface area contributed by atoms with Crippen molar-refractivity contribution in [2.24, 2.45) is 7.05 Å². The fourth-order valence-corrected chi connectivity index (χ4v) is 1.62. The van der Waals surface area contributed by atoms with Crippen molar-refractivity contribution in [3.63, 3.8) is 0 Å². The van der Waals surface area contributed by atoms with E-state index < -0.39 is 5.82 Å². The lowest BCUT2D eigenvalue weighted by Gasteiger charge is -1.97. The highest BCUT2D eigenvalue weighted by Gasteiger charge is 2.12. The van der Waals surface area contributed by atoms with Gasteiger partial charge in [-0.15, -0.1) is 0 Å². The Hall–Kier alpha value is -1.71. The lowest BCUT2D eigenvalue weighted by Crippen LogP contribution is -1.91. The van der Waals surface area contributed by atoms with E-state index in [9.17, 15) is 9.18 Å². The Morgan fingerprint density at radius 2 is 2.21 bits per heavy atom. The fourth-order valence-electron chi connectivity index (χ4n) is 1.62. The van der Waals surface area contributed by atoms with Crippen LogP contribution in [0.4, 0.5) is 4.39 Å². The maximum Gasteiger partial charge on any atom is 0.153 e. The molecule has 0 atom stereocenters. The van der Waals surface area contributed by atoms with E-state index in [1.54, 1.807) is 24.7 Å². The molecular weight excluding hydrogens is 183 g/mol. The Bertz CT molecular complexity index is 516. The van der Waals surface area contributed by atoms with E-state index in [0.717, 1.165) is 0 Å². The Morgan fingerprint density at radius 3 is 2.86 bits per heavy atom. The Kier molecular flexibility index (Phi) is 1.84. The summed E-state index contributed by atoms with van der Waals surface area (Å²) in [6, 6.07) is 3.16. The molecule has 0 aliphatic carbocycles. The molecule has 1 heterocycles. The van der Waals surface area contributed by atoms with Gasteiger partial charge in [-0.3, -0.25) is 9.48 Å². The highest BCUT2D eigenvalue weighted by atomic mass is 19.1. The first-order valence-electron chi connectivity index (χ1n) is 4.22. The summed E-state index contributed by atoms with van der Waals surface area (Å²) in [5, 5.41) is 4.52. The molecule has 14 heavy (non-hydrogen) atoms. The first kappa shape index (κ1) is 8.87. The molecular formula is C10H9FN2O. The van der Waals surface area contributed by atoms with E-state index in [-0.39, 0.29) is 5.56 Å². The van der Waals surface area contributed by atoms with Crippen LogP contribution < -0.4 is 0 Å². The SMILES string of the molecule is Cc1nn(C)c2ccc(C=O)c(F)c12. The van der Waals surface area contributed by atoms with E-state index in [1.807, 2.05) is 0 Å². The van der Waals surface area contributed by atoms with Gasteiger partial charge in [0, 0.05) is 7.05 Å². The molecule has 0 aliphatic heterocycles. The van der Waals surface area contributed by atoms with Crippen LogP contribution in [0.2, 0.25) is 0 Å². The molecule has 0 bridgehead atoms. The van der Waals surface area contributed by atoms with E-state index >= 15 is 0 Å². The van der Waals surface area contributed by atoms with Gasteiger partial charge in [-0.1, -0.05) is 0 Å². The van der Waals surface area contributed by atoms with Crippen molar-refractivity contribution >= 4 is 17.2 Å². The Labute approximate surface area is 80.1 Å². The molecule has 2 aromatic rings. The predicted octanol–water partition coefficient (Wildman–Crippen LogP) is 1.83. The minimum Gasteiger partial charge on any atom is -0.298 e. The number of aryl methyl sites for hydroxylation is 2. The maximum absolute atomic E-state index is 13.7. The molecule has 0 N–H and O–H groups in total. The summed E-state index contributed by atoms with van der Waals surface area (Å²) >= 11 is 0. The number of aldehydes is 1. The first-order chi connectivity index (χ1) is 6.65. The molecule has 72 valence electrons. The molecule has 0 aliphatic rings. The zero-order chi connectivity index (χ0) is 10.3. The number of hydrogen-bond donors (Lipinski definition) is 0. The van der Waals surface area contributed by atoms with Crippen molar-refractivity contribution in [2.75, 3.05) is 0 Å². The summed E-state index contributed by atoms with van der Waals surface area (Å²) in [6.07, 6.45) is 0.515. The van der Waals surface area contributed by atoms with Crippen molar-refractivity contribution < 1.29 is 9.18 Å². The molecule has 0 saturated carbocycles. The number of aromatic nitrogens is 2. The van der Waals surface area contributed by atoms with Crippen LogP contribution in [0.5, 0.6) is 0 Å². The third-order valence-corrected chi connectivity index (χ3v) is 2.29. The van der Waals surface area contributed by atoms with Crippen molar-refractivity contribution in [3.8, 4) is 0 Å². The van der Waals surface area contributed by atoms with Gasteiger partial charge in [0.1, 0.15) is 5.82 Å². The summed E-state index contributed by atoms with van der Waals surface area (Å²) in [6.45, 7) is 1.72. The normalized spacial score (nSPS) is 10.8. The first-order valence-corrected chi connectivity index (χ1v) is 4.22. The van der Waals surface area contributed by atoms with E-state index in [0.29, 0.717) is 22.9 Å². The number of carbonyl (C=O) groups excluding carboxylic acids is 1. The number of halogens is 1. The average Bonchev–Trinajstić information content (AvgIpc) is 2.44. The number of benzene rings is 1. The lowest BCUT2D eigenvalue weighted by atomic mass is 10.1. The molecule has 0 radical (unpaired) electrons.